The number of amides is 2. The maximum absolute atomic E-state index is 13.0. The Morgan fingerprint density at radius 3 is 2.26 bits per heavy atom. The second-order valence-corrected chi connectivity index (χ2v) is 16.6. The van der Waals surface area contributed by atoms with Crippen molar-refractivity contribution in [1.82, 2.24) is 15.6 Å². The number of fused-ring (bicyclic) bond motifs is 1. The molecule has 3 N–H and O–H groups in total. The van der Waals surface area contributed by atoms with E-state index in [9.17, 15) is 9.90 Å². The number of nitrogens with one attached hydrogen (secondary N) is 2. The fourth-order valence-corrected chi connectivity index (χ4v) is 11.2. The Labute approximate surface area is 284 Å². The van der Waals surface area contributed by atoms with E-state index in [1.54, 1.807) is 23.1 Å². The topological polar surface area (TPSA) is 92.7 Å². The minimum atomic E-state index is -0.531. The summed E-state index contributed by atoms with van der Waals surface area (Å²) < 4.78 is 15.6. The Bertz CT molecular complexity index is 1640. The second-order valence-electron chi connectivity index (χ2n) is 14.3. The summed E-state index contributed by atoms with van der Waals surface area (Å²) in [5.74, 6) is 3.25. The molecule has 2 heterocycles. The van der Waals surface area contributed by atoms with E-state index in [0.29, 0.717) is 6.54 Å². The third kappa shape index (κ3) is 6.70. The highest BCUT2D eigenvalue weighted by molar-refractivity contribution is 8.01. The van der Waals surface area contributed by atoms with Crippen LogP contribution >= 0.6 is 23.1 Å². The van der Waals surface area contributed by atoms with Crippen molar-refractivity contribution < 1.29 is 19.4 Å². The Balaban J connectivity index is 0.935. The zero-order chi connectivity index (χ0) is 32.0. The lowest BCUT2D eigenvalue weighted by Crippen LogP contribution is -2.61. The van der Waals surface area contributed by atoms with Gasteiger partial charge in [-0.2, -0.15) is 0 Å². The molecule has 246 valence electrons. The molecular weight excluding hydrogens is 627 g/mol. The fraction of sp³-hybridized carbons (Fsp3) is 0.474. The molecule has 0 unspecified atom stereocenters. The van der Waals surface area contributed by atoms with Crippen molar-refractivity contribution in [2.24, 2.45) is 23.7 Å². The highest BCUT2D eigenvalue weighted by atomic mass is 32.2. The summed E-state index contributed by atoms with van der Waals surface area (Å²) in [6.45, 7) is 2.68. The molecule has 2 amide bonds. The largest absolute Gasteiger partial charge is 0.392 e. The van der Waals surface area contributed by atoms with Gasteiger partial charge in [0.25, 0.3) is 0 Å². The van der Waals surface area contributed by atoms with Crippen molar-refractivity contribution in [3.63, 3.8) is 0 Å². The molecular formula is C38H43N3O4S2. The zero-order valence-electron chi connectivity index (χ0n) is 26.8. The summed E-state index contributed by atoms with van der Waals surface area (Å²) in [7, 11) is 0. The van der Waals surface area contributed by atoms with Crippen LogP contribution in [0.25, 0.3) is 10.2 Å². The summed E-state index contributed by atoms with van der Waals surface area (Å²) in [4.78, 5) is 17.9. The predicted octanol–water partition coefficient (Wildman–Crippen LogP) is 8.14. The van der Waals surface area contributed by atoms with Crippen molar-refractivity contribution in [2.75, 3.05) is 5.75 Å². The van der Waals surface area contributed by atoms with E-state index in [0.717, 1.165) is 74.9 Å². The SMILES string of the molecule is C[C@@H]1[C@H](CSc2nc3ccccc3s2)O[C@H](c2ccc(CNC(=O)NC34CC5CC(CC(C5)C3)C4)cc2)O[C@@H]1c1ccc(CO)cc1. The van der Waals surface area contributed by atoms with Crippen molar-refractivity contribution >= 4 is 39.3 Å². The van der Waals surface area contributed by atoms with Gasteiger partial charge in [-0.05, 0) is 85.1 Å². The van der Waals surface area contributed by atoms with Crippen molar-refractivity contribution in [1.29, 1.82) is 0 Å². The number of thiazole rings is 1. The Kier molecular flexibility index (Phi) is 8.77. The van der Waals surface area contributed by atoms with Crippen LogP contribution in [0.2, 0.25) is 0 Å². The van der Waals surface area contributed by atoms with Gasteiger partial charge in [-0.3, -0.25) is 0 Å². The maximum atomic E-state index is 13.0. The number of hydrogen-bond donors (Lipinski definition) is 3. The van der Waals surface area contributed by atoms with Gasteiger partial charge in [0, 0.05) is 29.3 Å². The number of urea groups is 1. The van der Waals surface area contributed by atoms with E-state index in [-0.39, 0.29) is 36.3 Å². The first-order valence-corrected chi connectivity index (χ1v) is 18.9. The summed E-state index contributed by atoms with van der Waals surface area (Å²) in [6.07, 6.45) is 6.76. The lowest BCUT2D eigenvalue weighted by Gasteiger charge is -2.56. The number of nitrogens with zero attached hydrogens (tertiary/aromatic N) is 1. The summed E-state index contributed by atoms with van der Waals surface area (Å²) in [6, 6.07) is 24.4. The van der Waals surface area contributed by atoms with Crippen molar-refractivity contribution in [3.8, 4) is 0 Å². The average molecular weight is 670 g/mol. The number of para-hydroxylation sites is 1. The molecule has 4 saturated carbocycles. The smallest absolute Gasteiger partial charge is 0.315 e. The van der Waals surface area contributed by atoms with Crippen LogP contribution in [0, 0.1) is 23.7 Å². The molecule has 47 heavy (non-hydrogen) atoms. The Morgan fingerprint density at radius 1 is 0.915 bits per heavy atom. The fourth-order valence-electron chi connectivity index (χ4n) is 8.90. The molecule has 0 radical (unpaired) electrons. The lowest BCUT2D eigenvalue weighted by molar-refractivity contribution is -0.268. The molecule has 4 atom stereocenters. The van der Waals surface area contributed by atoms with Crippen LogP contribution in [-0.4, -0.2) is 33.5 Å². The first-order valence-electron chi connectivity index (χ1n) is 17.1. The van der Waals surface area contributed by atoms with Gasteiger partial charge in [0.15, 0.2) is 10.6 Å². The Hall–Kier alpha value is -2.95. The van der Waals surface area contributed by atoms with Gasteiger partial charge in [-0.25, -0.2) is 9.78 Å². The number of rotatable bonds is 9. The normalized spacial score (nSPS) is 31.2. The lowest BCUT2D eigenvalue weighted by atomic mass is 9.53. The van der Waals surface area contributed by atoms with Gasteiger partial charge in [-0.1, -0.05) is 79.3 Å². The van der Waals surface area contributed by atoms with E-state index in [4.69, 9.17) is 14.5 Å². The van der Waals surface area contributed by atoms with E-state index >= 15 is 0 Å². The second kappa shape index (κ2) is 13.2. The monoisotopic (exact) mass is 669 g/mol. The van der Waals surface area contributed by atoms with Crippen LogP contribution < -0.4 is 10.6 Å². The molecule has 7 nitrogen and oxygen atoms in total. The van der Waals surface area contributed by atoms with Gasteiger partial charge < -0.3 is 25.2 Å². The molecule has 4 bridgehead atoms. The molecule has 9 heteroatoms. The number of ether oxygens (including phenoxy) is 2. The molecule has 3 aromatic carbocycles. The van der Waals surface area contributed by atoms with Crippen molar-refractivity contribution in [2.45, 2.75) is 87.0 Å². The van der Waals surface area contributed by atoms with Gasteiger partial charge in [0.1, 0.15) is 0 Å². The van der Waals surface area contributed by atoms with Gasteiger partial charge in [0.2, 0.25) is 0 Å². The number of carbonyl (C=O) groups excluding carboxylic acids is 1. The summed E-state index contributed by atoms with van der Waals surface area (Å²) >= 11 is 3.45. The molecule has 5 fully saturated rings. The molecule has 9 rings (SSSR count). The van der Waals surface area contributed by atoms with E-state index < -0.39 is 6.29 Å². The summed E-state index contributed by atoms with van der Waals surface area (Å²) in [5, 5.41) is 16.1. The standard InChI is InChI=1S/C38H43N3O4S2/c1-23-32(22-46-37-40-31-4-2-3-5-33(31)47-37)44-35(45-34(23)29-10-8-25(21-42)9-11-29)30-12-6-24(7-13-30)20-39-36(43)41-38-17-26-14-27(18-38)16-28(15-26)19-38/h2-13,23,26-28,32,34-35,42H,14-22H2,1H3,(H2,39,41,43)/t23-,26?,27?,28?,32+,34+,35+,38?/m1/s1. The van der Waals surface area contributed by atoms with Gasteiger partial charge in [0.05, 0.1) is 29.0 Å². The van der Waals surface area contributed by atoms with E-state index in [2.05, 4.69) is 72.2 Å². The summed E-state index contributed by atoms with van der Waals surface area (Å²) in [5.41, 5.74) is 4.98. The minimum Gasteiger partial charge on any atom is -0.392 e. The minimum absolute atomic E-state index is 0.00625. The highest BCUT2D eigenvalue weighted by Gasteiger charge is 2.51. The molecule has 4 aromatic rings. The number of hydrogen-bond acceptors (Lipinski definition) is 7. The zero-order valence-corrected chi connectivity index (χ0v) is 28.4. The van der Waals surface area contributed by atoms with Gasteiger partial charge >= 0.3 is 6.03 Å². The van der Waals surface area contributed by atoms with E-state index in [1.165, 1.54) is 24.0 Å². The molecule has 1 aromatic heterocycles. The maximum Gasteiger partial charge on any atom is 0.315 e. The molecule has 4 aliphatic carbocycles. The van der Waals surface area contributed by atoms with Crippen LogP contribution in [0.15, 0.2) is 77.1 Å². The highest BCUT2D eigenvalue weighted by Crippen LogP contribution is 2.55. The number of thioether (sulfide) groups is 1. The third-order valence-electron chi connectivity index (χ3n) is 10.9. The average Bonchev–Trinajstić information content (AvgIpc) is 3.50. The quantitative estimate of drug-likeness (QED) is 0.156. The number of benzene rings is 3. The van der Waals surface area contributed by atoms with Crippen LogP contribution in [0.1, 0.15) is 80.1 Å². The molecule has 5 aliphatic rings. The predicted molar refractivity (Wildman–Crippen MR) is 186 cm³/mol. The van der Waals surface area contributed by atoms with Crippen LogP contribution in [0.4, 0.5) is 4.79 Å². The molecule has 1 aliphatic heterocycles. The first kappa shape index (κ1) is 31.3. The number of aliphatic hydroxyl groups is 1. The molecule has 1 saturated heterocycles. The first-order chi connectivity index (χ1) is 22.9. The molecule has 0 spiro atoms. The van der Waals surface area contributed by atoms with Crippen molar-refractivity contribution in [3.05, 3.63) is 95.1 Å². The van der Waals surface area contributed by atoms with Crippen LogP contribution in [0.5, 0.6) is 0 Å². The van der Waals surface area contributed by atoms with E-state index in [1.807, 2.05) is 18.2 Å². The van der Waals surface area contributed by atoms with Crippen LogP contribution in [0.3, 0.4) is 0 Å². The van der Waals surface area contributed by atoms with Crippen LogP contribution in [-0.2, 0) is 22.6 Å². The third-order valence-corrected chi connectivity index (χ3v) is 13.2. The van der Waals surface area contributed by atoms with Gasteiger partial charge in [-0.15, -0.1) is 11.3 Å². The number of carbonyl (C=O) groups is 1. The number of aliphatic hydroxyl groups excluding tert-OH is 1. The Morgan fingerprint density at radius 2 is 1.57 bits per heavy atom. The number of aromatic nitrogens is 1.